The van der Waals surface area contributed by atoms with Gasteiger partial charge in [-0.3, -0.25) is 4.79 Å². The lowest BCUT2D eigenvalue weighted by Crippen LogP contribution is -2.05. The molecular formula is C15H10F4O2. The van der Waals surface area contributed by atoms with Crippen LogP contribution in [0.4, 0.5) is 17.6 Å². The molecule has 0 aliphatic carbocycles. The molecule has 2 rings (SSSR count). The average molecular weight is 298 g/mol. The van der Waals surface area contributed by atoms with Crippen LogP contribution in [-0.4, -0.2) is 6.29 Å². The molecule has 0 heterocycles. The molecule has 0 unspecified atom stereocenters. The van der Waals surface area contributed by atoms with Crippen molar-refractivity contribution in [3.63, 3.8) is 0 Å². The third-order valence-corrected chi connectivity index (χ3v) is 2.77. The van der Waals surface area contributed by atoms with Crippen LogP contribution in [0.1, 0.15) is 21.5 Å². The lowest BCUT2D eigenvalue weighted by molar-refractivity contribution is -0.137. The number of carbonyl (C=O) groups excluding carboxylic acids is 1. The van der Waals surface area contributed by atoms with Gasteiger partial charge >= 0.3 is 6.18 Å². The summed E-state index contributed by atoms with van der Waals surface area (Å²) in [5, 5.41) is 0. The van der Waals surface area contributed by atoms with E-state index in [1.807, 2.05) is 0 Å². The van der Waals surface area contributed by atoms with Gasteiger partial charge in [-0.2, -0.15) is 13.2 Å². The molecule has 0 spiro atoms. The van der Waals surface area contributed by atoms with Gasteiger partial charge in [0.25, 0.3) is 0 Å². The van der Waals surface area contributed by atoms with E-state index in [1.54, 1.807) is 0 Å². The second-order valence-corrected chi connectivity index (χ2v) is 4.28. The molecule has 0 radical (unpaired) electrons. The normalized spacial score (nSPS) is 11.2. The Bertz CT molecular complexity index is 633. The van der Waals surface area contributed by atoms with E-state index in [-0.39, 0.29) is 17.9 Å². The summed E-state index contributed by atoms with van der Waals surface area (Å²) < 4.78 is 55.5. The smallest absolute Gasteiger partial charge is 0.416 e. The van der Waals surface area contributed by atoms with Gasteiger partial charge in [-0.1, -0.05) is 12.1 Å². The molecule has 0 amide bonds. The highest BCUT2D eigenvalue weighted by molar-refractivity contribution is 5.79. The van der Waals surface area contributed by atoms with E-state index in [2.05, 4.69) is 0 Å². The Morgan fingerprint density at radius 1 is 1.05 bits per heavy atom. The van der Waals surface area contributed by atoms with Gasteiger partial charge in [0.2, 0.25) is 0 Å². The highest BCUT2D eigenvalue weighted by Crippen LogP contribution is 2.29. The van der Waals surface area contributed by atoms with Gasteiger partial charge in [0.1, 0.15) is 18.2 Å². The van der Waals surface area contributed by atoms with E-state index in [4.69, 9.17) is 4.74 Å². The molecule has 0 saturated heterocycles. The van der Waals surface area contributed by atoms with Crippen molar-refractivity contribution >= 4 is 6.29 Å². The molecule has 0 fully saturated rings. The van der Waals surface area contributed by atoms with Crippen LogP contribution < -0.4 is 4.74 Å². The fourth-order valence-electron chi connectivity index (χ4n) is 1.69. The first-order chi connectivity index (χ1) is 9.90. The summed E-state index contributed by atoms with van der Waals surface area (Å²) in [5.41, 5.74) is -0.201. The van der Waals surface area contributed by atoms with Crippen LogP contribution >= 0.6 is 0 Å². The minimum Gasteiger partial charge on any atom is -0.488 e. The number of hydrogen-bond acceptors (Lipinski definition) is 2. The first-order valence-electron chi connectivity index (χ1n) is 5.94. The standard InChI is InChI=1S/C15H10F4O2/c16-13-5-6-14(11(7-13)8-20)21-9-10-1-3-12(4-2-10)15(17,18)19/h1-8H,9H2. The van der Waals surface area contributed by atoms with Crippen molar-refractivity contribution in [2.75, 3.05) is 0 Å². The summed E-state index contributed by atoms with van der Waals surface area (Å²) in [6.07, 6.45) is -3.94. The lowest BCUT2D eigenvalue weighted by Gasteiger charge is -2.10. The van der Waals surface area contributed by atoms with Gasteiger partial charge < -0.3 is 4.74 Å². The average Bonchev–Trinajstić information content (AvgIpc) is 2.45. The summed E-state index contributed by atoms with van der Waals surface area (Å²) in [7, 11) is 0. The zero-order valence-electron chi connectivity index (χ0n) is 10.7. The zero-order valence-corrected chi connectivity index (χ0v) is 10.7. The SMILES string of the molecule is O=Cc1cc(F)ccc1OCc1ccc(C(F)(F)F)cc1. The first-order valence-corrected chi connectivity index (χ1v) is 5.94. The summed E-state index contributed by atoms with van der Waals surface area (Å²) in [4.78, 5) is 10.8. The molecule has 6 heteroatoms. The van der Waals surface area contributed by atoms with E-state index < -0.39 is 17.6 Å². The highest BCUT2D eigenvalue weighted by atomic mass is 19.4. The van der Waals surface area contributed by atoms with Crippen LogP contribution in [0.2, 0.25) is 0 Å². The number of benzene rings is 2. The molecule has 0 saturated carbocycles. The predicted octanol–water partition coefficient (Wildman–Crippen LogP) is 4.24. The molecular weight excluding hydrogens is 288 g/mol. The minimum atomic E-state index is -4.39. The fraction of sp³-hybridized carbons (Fsp3) is 0.133. The van der Waals surface area contributed by atoms with Crippen molar-refractivity contribution in [2.24, 2.45) is 0 Å². The third-order valence-electron chi connectivity index (χ3n) is 2.77. The predicted molar refractivity (Wildman–Crippen MR) is 67.6 cm³/mol. The molecule has 0 aromatic heterocycles. The largest absolute Gasteiger partial charge is 0.488 e. The topological polar surface area (TPSA) is 26.3 Å². The van der Waals surface area contributed by atoms with Gasteiger partial charge in [0.15, 0.2) is 6.29 Å². The highest BCUT2D eigenvalue weighted by Gasteiger charge is 2.29. The molecule has 2 aromatic carbocycles. The summed E-state index contributed by atoms with van der Waals surface area (Å²) in [5.74, 6) is -0.398. The molecule has 0 bridgehead atoms. The van der Waals surface area contributed by atoms with E-state index in [0.717, 1.165) is 24.3 Å². The maximum atomic E-state index is 12.9. The first kappa shape index (κ1) is 15.0. The molecule has 0 aliphatic rings. The second-order valence-electron chi connectivity index (χ2n) is 4.28. The monoisotopic (exact) mass is 298 g/mol. The van der Waals surface area contributed by atoms with Crippen molar-refractivity contribution in [3.05, 3.63) is 65.0 Å². The van der Waals surface area contributed by atoms with Crippen LogP contribution in [0.3, 0.4) is 0 Å². The Hall–Kier alpha value is -2.37. The van der Waals surface area contributed by atoms with Crippen molar-refractivity contribution in [1.29, 1.82) is 0 Å². The number of rotatable bonds is 4. The number of ether oxygens (including phenoxy) is 1. The summed E-state index contributed by atoms with van der Waals surface area (Å²) in [6, 6.07) is 7.92. The van der Waals surface area contributed by atoms with E-state index in [9.17, 15) is 22.4 Å². The zero-order chi connectivity index (χ0) is 15.5. The van der Waals surface area contributed by atoms with E-state index in [1.165, 1.54) is 18.2 Å². The Morgan fingerprint density at radius 3 is 2.29 bits per heavy atom. The van der Waals surface area contributed by atoms with Crippen molar-refractivity contribution in [2.45, 2.75) is 12.8 Å². The van der Waals surface area contributed by atoms with Crippen molar-refractivity contribution < 1.29 is 27.1 Å². The minimum absolute atomic E-state index is 0.0232. The molecule has 0 N–H and O–H groups in total. The van der Waals surface area contributed by atoms with Crippen LogP contribution in [0.15, 0.2) is 42.5 Å². The van der Waals surface area contributed by atoms with E-state index >= 15 is 0 Å². The maximum Gasteiger partial charge on any atom is 0.416 e. The van der Waals surface area contributed by atoms with Crippen molar-refractivity contribution in [3.8, 4) is 5.75 Å². The Labute approximate surface area is 118 Å². The number of halogens is 4. The van der Waals surface area contributed by atoms with Gasteiger partial charge in [-0.05, 0) is 35.9 Å². The van der Waals surface area contributed by atoms with Crippen molar-refractivity contribution in [1.82, 2.24) is 0 Å². The third kappa shape index (κ3) is 3.81. The Kier molecular flexibility index (Phi) is 4.26. The van der Waals surface area contributed by atoms with Gasteiger partial charge in [-0.25, -0.2) is 4.39 Å². The second kappa shape index (κ2) is 5.95. The summed E-state index contributed by atoms with van der Waals surface area (Å²) >= 11 is 0. The Balaban J connectivity index is 2.08. The van der Waals surface area contributed by atoms with Gasteiger partial charge in [0.05, 0.1) is 11.1 Å². The molecule has 0 aliphatic heterocycles. The quantitative estimate of drug-likeness (QED) is 0.623. The number of aldehydes is 1. The van der Waals surface area contributed by atoms with Gasteiger partial charge in [-0.15, -0.1) is 0 Å². The van der Waals surface area contributed by atoms with Crippen LogP contribution in [-0.2, 0) is 12.8 Å². The lowest BCUT2D eigenvalue weighted by atomic mass is 10.1. The summed E-state index contributed by atoms with van der Waals surface area (Å²) in [6.45, 7) is -0.0232. The van der Waals surface area contributed by atoms with Crippen LogP contribution in [0, 0.1) is 5.82 Å². The van der Waals surface area contributed by atoms with E-state index in [0.29, 0.717) is 11.8 Å². The van der Waals surface area contributed by atoms with Gasteiger partial charge in [0, 0.05) is 0 Å². The molecule has 0 atom stereocenters. The van der Waals surface area contributed by atoms with Crippen LogP contribution in [0.25, 0.3) is 0 Å². The number of hydrogen-bond donors (Lipinski definition) is 0. The fourth-order valence-corrected chi connectivity index (χ4v) is 1.69. The molecule has 2 aromatic rings. The maximum absolute atomic E-state index is 12.9. The molecule has 21 heavy (non-hydrogen) atoms. The number of carbonyl (C=O) groups is 1. The van der Waals surface area contributed by atoms with Crippen LogP contribution in [0.5, 0.6) is 5.75 Å². The Morgan fingerprint density at radius 2 is 1.71 bits per heavy atom. The molecule has 110 valence electrons. The molecule has 2 nitrogen and oxygen atoms in total. The number of alkyl halides is 3.